The van der Waals surface area contributed by atoms with Gasteiger partial charge in [0.25, 0.3) is 0 Å². The van der Waals surface area contributed by atoms with Crippen molar-refractivity contribution >= 4 is 16.4 Å². The van der Waals surface area contributed by atoms with E-state index in [0.29, 0.717) is 17.2 Å². The van der Waals surface area contributed by atoms with Crippen LogP contribution >= 0.6 is 0 Å². The molecular weight excluding hydrogens is 424 g/mol. The zero-order valence-corrected chi connectivity index (χ0v) is 20.0. The van der Waals surface area contributed by atoms with Gasteiger partial charge in [0.2, 0.25) is 5.75 Å². The molecule has 0 amide bonds. The molecule has 0 fully saturated rings. The Kier molecular flexibility index (Phi) is 5.84. The molecule has 0 aliphatic carbocycles. The Morgan fingerprint density at radius 1 is 0.765 bits per heavy atom. The van der Waals surface area contributed by atoms with Crippen LogP contribution in [0.4, 0.5) is 0 Å². The fraction of sp³-hybridized carbons (Fsp3) is 0.207. The van der Waals surface area contributed by atoms with Crippen LogP contribution in [0.1, 0.15) is 16.8 Å². The number of nitrogens with zero attached hydrogens (tertiary/aromatic N) is 2. The van der Waals surface area contributed by atoms with E-state index in [1.807, 2.05) is 19.1 Å². The van der Waals surface area contributed by atoms with E-state index in [-0.39, 0.29) is 0 Å². The van der Waals surface area contributed by atoms with Crippen LogP contribution in [-0.2, 0) is 12.8 Å². The van der Waals surface area contributed by atoms with E-state index in [0.717, 1.165) is 35.4 Å². The van der Waals surface area contributed by atoms with Gasteiger partial charge >= 0.3 is 0 Å². The maximum Gasteiger partial charge on any atom is 0.203 e. The molecule has 0 aliphatic rings. The Morgan fingerprint density at radius 3 is 2.12 bits per heavy atom. The molecule has 0 unspecified atom stereocenters. The van der Waals surface area contributed by atoms with Crippen LogP contribution < -0.4 is 14.2 Å². The molecule has 5 aromatic rings. The molecule has 3 aromatic carbocycles. The molecule has 0 aliphatic heterocycles. The first kappa shape index (κ1) is 21.8. The molecule has 34 heavy (non-hydrogen) atoms. The zero-order valence-electron chi connectivity index (χ0n) is 20.0. The van der Waals surface area contributed by atoms with Crippen molar-refractivity contribution < 1.29 is 14.2 Å². The number of hydrogen-bond acceptors (Lipinski definition) is 4. The zero-order chi connectivity index (χ0) is 23.7. The number of fused-ring (bicyclic) bond motifs is 3. The normalized spacial score (nSPS) is 11.2. The Morgan fingerprint density at radius 2 is 1.44 bits per heavy atom. The molecule has 0 atom stereocenters. The smallest absolute Gasteiger partial charge is 0.203 e. The van der Waals surface area contributed by atoms with Crippen molar-refractivity contribution in [3.05, 3.63) is 89.7 Å². The standard InChI is InChI=1S/C29H28N2O3/c1-19-18-31-25(17-23-7-5-6-8-24(23)29(31)30-19)22-13-11-20(12-14-22)9-10-21-15-26(32-2)28(34-4)27(16-21)33-3/h5-8,11-18H,9-10H2,1-4H3. The number of methoxy groups -OCH3 is 3. The molecule has 0 saturated carbocycles. The molecule has 0 radical (unpaired) electrons. The number of ether oxygens (including phenoxy) is 3. The predicted molar refractivity (Wildman–Crippen MR) is 136 cm³/mol. The van der Waals surface area contributed by atoms with Crippen LogP contribution in [-0.4, -0.2) is 30.7 Å². The van der Waals surface area contributed by atoms with Gasteiger partial charge in [-0.25, -0.2) is 4.98 Å². The van der Waals surface area contributed by atoms with Crippen molar-refractivity contribution in [1.82, 2.24) is 9.38 Å². The summed E-state index contributed by atoms with van der Waals surface area (Å²) in [5.74, 6) is 1.99. The van der Waals surface area contributed by atoms with Gasteiger partial charge in [-0.2, -0.15) is 0 Å². The lowest BCUT2D eigenvalue weighted by Crippen LogP contribution is -1.98. The first-order valence-corrected chi connectivity index (χ1v) is 11.4. The molecule has 5 heteroatoms. The summed E-state index contributed by atoms with van der Waals surface area (Å²) in [4.78, 5) is 4.78. The van der Waals surface area contributed by atoms with Crippen molar-refractivity contribution in [2.75, 3.05) is 21.3 Å². The Bertz CT molecular complexity index is 1440. The third-order valence-corrected chi connectivity index (χ3v) is 6.26. The maximum atomic E-state index is 5.49. The van der Waals surface area contributed by atoms with E-state index >= 15 is 0 Å². The molecule has 172 valence electrons. The quantitative estimate of drug-likeness (QED) is 0.292. The van der Waals surface area contributed by atoms with Gasteiger partial charge in [-0.05, 0) is 60.0 Å². The number of imidazole rings is 1. The summed E-state index contributed by atoms with van der Waals surface area (Å²) in [5.41, 5.74) is 6.74. The van der Waals surface area contributed by atoms with Gasteiger partial charge in [-0.3, -0.25) is 4.40 Å². The summed E-state index contributed by atoms with van der Waals surface area (Å²) >= 11 is 0. The fourth-order valence-electron chi connectivity index (χ4n) is 4.55. The number of benzene rings is 3. The monoisotopic (exact) mass is 452 g/mol. The van der Waals surface area contributed by atoms with E-state index in [1.54, 1.807) is 21.3 Å². The predicted octanol–water partition coefficient (Wildman–Crippen LogP) is 6.27. The molecule has 0 bridgehead atoms. The largest absolute Gasteiger partial charge is 0.493 e. The average Bonchev–Trinajstić information content (AvgIpc) is 3.28. The molecule has 2 heterocycles. The average molecular weight is 453 g/mol. The first-order chi connectivity index (χ1) is 16.6. The number of rotatable bonds is 7. The maximum absolute atomic E-state index is 5.49. The number of aryl methyl sites for hydroxylation is 3. The molecule has 5 rings (SSSR count). The number of hydrogen-bond donors (Lipinski definition) is 0. The minimum Gasteiger partial charge on any atom is -0.493 e. The van der Waals surface area contributed by atoms with Gasteiger partial charge in [0.05, 0.1) is 32.7 Å². The molecule has 2 aromatic heterocycles. The minimum atomic E-state index is 0.620. The topological polar surface area (TPSA) is 45.0 Å². The summed E-state index contributed by atoms with van der Waals surface area (Å²) < 4.78 is 18.6. The van der Waals surface area contributed by atoms with E-state index < -0.39 is 0 Å². The van der Waals surface area contributed by atoms with Crippen LogP contribution in [0.15, 0.2) is 72.9 Å². The number of pyridine rings is 1. The summed E-state index contributed by atoms with van der Waals surface area (Å²) in [6.45, 7) is 2.04. The third-order valence-electron chi connectivity index (χ3n) is 6.26. The van der Waals surface area contributed by atoms with E-state index in [1.165, 1.54) is 21.9 Å². The van der Waals surface area contributed by atoms with Gasteiger partial charge in [0.15, 0.2) is 11.5 Å². The molecule has 0 N–H and O–H groups in total. The highest BCUT2D eigenvalue weighted by Gasteiger charge is 2.14. The van der Waals surface area contributed by atoms with Gasteiger partial charge in [0, 0.05) is 11.6 Å². The third kappa shape index (κ3) is 3.94. The second kappa shape index (κ2) is 9.10. The lowest BCUT2D eigenvalue weighted by molar-refractivity contribution is 0.324. The highest BCUT2D eigenvalue weighted by atomic mass is 16.5. The molecule has 5 nitrogen and oxygen atoms in total. The lowest BCUT2D eigenvalue weighted by Gasteiger charge is -2.14. The van der Waals surface area contributed by atoms with Crippen LogP contribution in [0.2, 0.25) is 0 Å². The Hall–Kier alpha value is -3.99. The summed E-state index contributed by atoms with van der Waals surface area (Å²) in [5, 5.41) is 2.36. The second-order valence-electron chi connectivity index (χ2n) is 8.42. The molecule has 0 spiro atoms. The van der Waals surface area contributed by atoms with Gasteiger partial charge in [-0.15, -0.1) is 0 Å². The van der Waals surface area contributed by atoms with Crippen LogP contribution in [0.25, 0.3) is 27.7 Å². The first-order valence-electron chi connectivity index (χ1n) is 11.4. The fourth-order valence-corrected chi connectivity index (χ4v) is 4.55. The summed E-state index contributed by atoms with van der Waals surface area (Å²) in [7, 11) is 4.91. The summed E-state index contributed by atoms with van der Waals surface area (Å²) in [6.07, 6.45) is 3.89. The highest BCUT2D eigenvalue weighted by Crippen LogP contribution is 2.38. The minimum absolute atomic E-state index is 0.620. The van der Waals surface area contributed by atoms with Crippen LogP contribution in [0.5, 0.6) is 17.2 Å². The van der Waals surface area contributed by atoms with Crippen molar-refractivity contribution in [1.29, 1.82) is 0 Å². The van der Waals surface area contributed by atoms with Crippen molar-refractivity contribution in [3.8, 4) is 28.5 Å². The van der Waals surface area contributed by atoms with Crippen LogP contribution in [0.3, 0.4) is 0 Å². The number of aromatic nitrogens is 2. The SMILES string of the molecule is COc1cc(CCc2ccc(-c3cc4ccccc4c4nc(C)cn34)cc2)cc(OC)c1OC. The Labute approximate surface area is 199 Å². The summed E-state index contributed by atoms with van der Waals surface area (Å²) in [6, 6.07) is 23.5. The van der Waals surface area contributed by atoms with E-state index in [4.69, 9.17) is 19.2 Å². The van der Waals surface area contributed by atoms with Gasteiger partial charge in [-0.1, -0.05) is 48.5 Å². The van der Waals surface area contributed by atoms with Crippen molar-refractivity contribution in [3.63, 3.8) is 0 Å². The van der Waals surface area contributed by atoms with Crippen molar-refractivity contribution in [2.45, 2.75) is 19.8 Å². The van der Waals surface area contributed by atoms with E-state index in [9.17, 15) is 0 Å². The van der Waals surface area contributed by atoms with Crippen molar-refractivity contribution in [2.24, 2.45) is 0 Å². The lowest BCUT2D eigenvalue weighted by atomic mass is 10.0. The molecular formula is C29H28N2O3. The second-order valence-corrected chi connectivity index (χ2v) is 8.42. The molecule has 0 saturated heterocycles. The van der Waals surface area contributed by atoms with Gasteiger partial charge in [0.1, 0.15) is 5.65 Å². The highest BCUT2D eigenvalue weighted by molar-refractivity contribution is 5.97. The van der Waals surface area contributed by atoms with E-state index in [2.05, 4.69) is 65.2 Å². The van der Waals surface area contributed by atoms with Gasteiger partial charge < -0.3 is 14.2 Å². The Balaban J connectivity index is 1.42. The van der Waals surface area contributed by atoms with Crippen LogP contribution in [0, 0.1) is 6.92 Å².